The minimum absolute atomic E-state index is 0.0389. The highest BCUT2D eigenvalue weighted by Crippen LogP contribution is 2.06. The van der Waals surface area contributed by atoms with Gasteiger partial charge in [0.2, 0.25) is 5.91 Å². The van der Waals surface area contributed by atoms with Crippen molar-refractivity contribution in [2.45, 2.75) is 45.2 Å². The third-order valence-corrected chi connectivity index (χ3v) is 2.59. The molecule has 2 unspecified atom stereocenters. The van der Waals surface area contributed by atoms with Crippen LogP contribution in [0.1, 0.15) is 33.1 Å². The molecular formula is C11H22N2O2. The van der Waals surface area contributed by atoms with Crippen LogP contribution >= 0.6 is 0 Å². The smallest absolute Gasteiger partial charge is 0.237 e. The minimum atomic E-state index is -0.0389. The van der Waals surface area contributed by atoms with Gasteiger partial charge in [0.1, 0.15) is 0 Å². The van der Waals surface area contributed by atoms with Crippen molar-refractivity contribution < 1.29 is 9.53 Å². The fraction of sp³-hybridized carbons (Fsp3) is 0.909. The number of hydrogen-bond donors (Lipinski definition) is 2. The zero-order valence-corrected chi connectivity index (χ0v) is 9.71. The number of carbonyl (C=O) groups is 1. The van der Waals surface area contributed by atoms with E-state index in [9.17, 15) is 4.79 Å². The van der Waals surface area contributed by atoms with Gasteiger partial charge in [-0.2, -0.15) is 0 Å². The average molecular weight is 214 g/mol. The van der Waals surface area contributed by atoms with Crippen molar-refractivity contribution in [2.24, 2.45) is 0 Å². The molecule has 0 aliphatic carbocycles. The van der Waals surface area contributed by atoms with E-state index in [0.29, 0.717) is 6.61 Å². The normalized spacial score (nSPS) is 24.4. The van der Waals surface area contributed by atoms with Crippen LogP contribution in [-0.2, 0) is 9.53 Å². The Morgan fingerprint density at radius 1 is 1.60 bits per heavy atom. The molecule has 0 bridgehead atoms. The second-order valence-electron chi connectivity index (χ2n) is 4.07. The number of nitrogens with one attached hydrogen (secondary N) is 2. The standard InChI is InChI=1S/C11H22N2O2/c1-3-15-8-9(2)13-10-6-4-5-7-12-11(10)14/h9-10,13H,3-8H2,1-2H3,(H,12,14). The minimum Gasteiger partial charge on any atom is -0.380 e. The molecule has 0 aromatic heterocycles. The van der Waals surface area contributed by atoms with Crippen LogP contribution < -0.4 is 10.6 Å². The zero-order valence-electron chi connectivity index (χ0n) is 9.71. The summed E-state index contributed by atoms with van der Waals surface area (Å²) < 4.78 is 5.31. The average Bonchev–Trinajstić information content (AvgIpc) is 2.42. The van der Waals surface area contributed by atoms with Crippen molar-refractivity contribution in [3.63, 3.8) is 0 Å². The Kier molecular flexibility index (Phi) is 5.65. The molecule has 0 aromatic carbocycles. The molecule has 1 heterocycles. The Morgan fingerprint density at radius 3 is 3.13 bits per heavy atom. The molecule has 1 amide bonds. The van der Waals surface area contributed by atoms with E-state index in [4.69, 9.17) is 4.74 Å². The molecule has 15 heavy (non-hydrogen) atoms. The third kappa shape index (κ3) is 4.62. The van der Waals surface area contributed by atoms with Crippen LogP contribution in [0.4, 0.5) is 0 Å². The van der Waals surface area contributed by atoms with E-state index in [1.807, 2.05) is 13.8 Å². The molecule has 0 radical (unpaired) electrons. The predicted molar refractivity (Wildman–Crippen MR) is 59.7 cm³/mol. The van der Waals surface area contributed by atoms with Gasteiger partial charge in [0.05, 0.1) is 12.6 Å². The Hall–Kier alpha value is -0.610. The molecule has 0 spiro atoms. The maximum atomic E-state index is 11.6. The summed E-state index contributed by atoms with van der Waals surface area (Å²) in [4.78, 5) is 11.6. The van der Waals surface area contributed by atoms with Gasteiger partial charge in [-0.25, -0.2) is 0 Å². The van der Waals surface area contributed by atoms with Crippen molar-refractivity contribution in [1.29, 1.82) is 0 Å². The van der Waals surface area contributed by atoms with Gasteiger partial charge in [0.15, 0.2) is 0 Å². The summed E-state index contributed by atoms with van der Waals surface area (Å²) in [5, 5.41) is 6.22. The highest BCUT2D eigenvalue weighted by Gasteiger charge is 2.21. The van der Waals surface area contributed by atoms with E-state index in [1.54, 1.807) is 0 Å². The van der Waals surface area contributed by atoms with Gasteiger partial charge in [-0.3, -0.25) is 4.79 Å². The second-order valence-corrected chi connectivity index (χ2v) is 4.07. The van der Waals surface area contributed by atoms with Gasteiger partial charge in [0, 0.05) is 19.2 Å². The van der Waals surface area contributed by atoms with E-state index in [0.717, 1.165) is 32.4 Å². The molecule has 4 heteroatoms. The lowest BCUT2D eigenvalue weighted by Gasteiger charge is -2.20. The summed E-state index contributed by atoms with van der Waals surface area (Å²) in [5.74, 6) is 0.135. The third-order valence-electron chi connectivity index (χ3n) is 2.59. The molecule has 1 aliphatic rings. The van der Waals surface area contributed by atoms with E-state index < -0.39 is 0 Å². The maximum absolute atomic E-state index is 11.6. The molecule has 0 saturated carbocycles. The number of hydrogen-bond acceptors (Lipinski definition) is 3. The van der Waals surface area contributed by atoms with Crippen molar-refractivity contribution in [1.82, 2.24) is 10.6 Å². The first-order chi connectivity index (χ1) is 7.24. The molecule has 4 nitrogen and oxygen atoms in total. The quantitative estimate of drug-likeness (QED) is 0.707. The van der Waals surface area contributed by atoms with Gasteiger partial charge < -0.3 is 15.4 Å². The highest BCUT2D eigenvalue weighted by atomic mass is 16.5. The second kappa shape index (κ2) is 6.80. The predicted octanol–water partition coefficient (Wildman–Crippen LogP) is 0.670. The Morgan fingerprint density at radius 2 is 2.40 bits per heavy atom. The molecule has 1 saturated heterocycles. The maximum Gasteiger partial charge on any atom is 0.237 e. The monoisotopic (exact) mass is 214 g/mol. The number of carbonyl (C=O) groups excluding carboxylic acids is 1. The zero-order chi connectivity index (χ0) is 11.1. The van der Waals surface area contributed by atoms with Gasteiger partial charge >= 0.3 is 0 Å². The van der Waals surface area contributed by atoms with Crippen molar-refractivity contribution in [3.8, 4) is 0 Å². The van der Waals surface area contributed by atoms with Gasteiger partial charge in [-0.15, -0.1) is 0 Å². The summed E-state index contributed by atoms with van der Waals surface area (Å²) in [6.07, 6.45) is 3.13. The highest BCUT2D eigenvalue weighted by molar-refractivity contribution is 5.81. The summed E-state index contributed by atoms with van der Waals surface area (Å²) in [5.41, 5.74) is 0. The van der Waals surface area contributed by atoms with Gasteiger partial charge in [0.25, 0.3) is 0 Å². The van der Waals surface area contributed by atoms with E-state index in [2.05, 4.69) is 10.6 Å². The lowest BCUT2D eigenvalue weighted by atomic mass is 10.1. The first-order valence-electron chi connectivity index (χ1n) is 5.85. The van der Waals surface area contributed by atoms with Crippen molar-refractivity contribution in [2.75, 3.05) is 19.8 Å². The Balaban J connectivity index is 2.30. The summed E-state index contributed by atoms with van der Waals surface area (Å²) >= 11 is 0. The topological polar surface area (TPSA) is 50.4 Å². The molecule has 1 aliphatic heterocycles. The SMILES string of the molecule is CCOCC(C)NC1CCCCNC1=O. The van der Waals surface area contributed by atoms with Crippen LogP contribution in [0.3, 0.4) is 0 Å². The first-order valence-corrected chi connectivity index (χ1v) is 5.85. The van der Waals surface area contributed by atoms with E-state index in [-0.39, 0.29) is 18.0 Å². The number of rotatable bonds is 5. The lowest BCUT2D eigenvalue weighted by Crippen LogP contribution is -2.47. The van der Waals surface area contributed by atoms with E-state index in [1.165, 1.54) is 0 Å². The Bertz CT molecular complexity index is 197. The van der Waals surface area contributed by atoms with Crippen LogP contribution in [0, 0.1) is 0 Å². The fourth-order valence-electron chi connectivity index (χ4n) is 1.78. The van der Waals surface area contributed by atoms with Crippen molar-refractivity contribution in [3.05, 3.63) is 0 Å². The molecule has 88 valence electrons. The largest absolute Gasteiger partial charge is 0.380 e. The van der Waals surface area contributed by atoms with E-state index >= 15 is 0 Å². The molecular weight excluding hydrogens is 192 g/mol. The molecule has 1 fully saturated rings. The number of ether oxygens (including phenoxy) is 1. The number of amides is 1. The summed E-state index contributed by atoms with van der Waals surface area (Å²) in [6, 6.07) is 0.196. The molecule has 2 N–H and O–H groups in total. The van der Waals surface area contributed by atoms with Crippen LogP contribution in [-0.4, -0.2) is 37.7 Å². The molecule has 1 rings (SSSR count). The van der Waals surface area contributed by atoms with Crippen molar-refractivity contribution >= 4 is 5.91 Å². The lowest BCUT2D eigenvalue weighted by molar-refractivity contribution is -0.123. The van der Waals surface area contributed by atoms with Gasteiger partial charge in [-0.1, -0.05) is 0 Å². The van der Waals surface area contributed by atoms with Crippen LogP contribution in [0.2, 0.25) is 0 Å². The molecule has 0 aromatic rings. The van der Waals surface area contributed by atoms with Gasteiger partial charge in [-0.05, 0) is 33.1 Å². The summed E-state index contributed by atoms with van der Waals surface area (Å²) in [6.45, 7) is 6.24. The fourth-order valence-corrected chi connectivity index (χ4v) is 1.78. The van der Waals surface area contributed by atoms with Crippen LogP contribution in [0.25, 0.3) is 0 Å². The summed E-state index contributed by atoms with van der Waals surface area (Å²) in [7, 11) is 0. The first kappa shape index (κ1) is 12.5. The van der Waals surface area contributed by atoms with Crippen LogP contribution in [0.15, 0.2) is 0 Å². The Labute approximate surface area is 91.8 Å². The molecule has 2 atom stereocenters. The van der Waals surface area contributed by atoms with Crippen LogP contribution in [0.5, 0.6) is 0 Å².